The molecule has 1 atom stereocenters. The number of rotatable bonds is 2. The molecule has 0 spiro atoms. The molecular weight excluding hydrogens is 230 g/mol. The van der Waals surface area contributed by atoms with Crippen molar-refractivity contribution in [1.29, 1.82) is 0 Å². The number of fused-ring (bicyclic) bond motifs is 1. The molecule has 1 aromatic carbocycles. The number of imidazole rings is 1. The van der Waals surface area contributed by atoms with E-state index >= 15 is 0 Å². The summed E-state index contributed by atoms with van der Waals surface area (Å²) in [5.74, 6) is 1.20. The van der Waals surface area contributed by atoms with Crippen LogP contribution >= 0.6 is 0 Å². The fraction of sp³-hybridized carbons (Fsp3) is 0.462. The molecule has 1 aromatic heterocycles. The third-order valence-electron chi connectivity index (χ3n) is 3.47. The topological polar surface area (TPSA) is 61.4 Å². The summed E-state index contributed by atoms with van der Waals surface area (Å²) in [6.07, 6.45) is 0. The molecule has 0 aliphatic carbocycles. The molecule has 2 N–H and O–H groups in total. The molecule has 1 unspecified atom stereocenters. The minimum absolute atomic E-state index is 0.239. The van der Waals surface area contributed by atoms with E-state index in [0.29, 0.717) is 0 Å². The van der Waals surface area contributed by atoms with E-state index in [1.807, 2.05) is 6.07 Å². The van der Waals surface area contributed by atoms with Gasteiger partial charge < -0.3 is 14.8 Å². The Bertz CT molecular complexity index is 546. The Morgan fingerprint density at radius 3 is 2.94 bits per heavy atom. The highest BCUT2D eigenvalue weighted by Crippen LogP contribution is 2.23. The molecule has 1 saturated heterocycles. The Labute approximate surface area is 105 Å². The van der Waals surface area contributed by atoms with Gasteiger partial charge >= 0.3 is 0 Å². The summed E-state index contributed by atoms with van der Waals surface area (Å²) in [6, 6.07) is 5.43. The lowest BCUT2D eigenvalue weighted by atomic mass is 10.2. The third-order valence-corrected chi connectivity index (χ3v) is 3.47. The van der Waals surface area contributed by atoms with Crippen molar-refractivity contribution in [2.24, 2.45) is 0 Å². The number of aromatic amines is 1. The van der Waals surface area contributed by atoms with Gasteiger partial charge in [0.15, 0.2) is 0 Å². The van der Waals surface area contributed by atoms with Crippen LogP contribution in [0.3, 0.4) is 0 Å². The predicted molar refractivity (Wildman–Crippen MR) is 68.6 cm³/mol. The van der Waals surface area contributed by atoms with Gasteiger partial charge in [0.1, 0.15) is 11.6 Å². The van der Waals surface area contributed by atoms with Crippen molar-refractivity contribution in [2.45, 2.75) is 13.0 Å². The number of benzene rings is 1. The Hall–Kier alpha value is -1.59. The van der Waals surface area contributed by atoms with Crippen molar-refractivity contribution < 1.29 is 9.84 Å². The number of H-pyrrole nitrogens is 1. The molecule has 2 heterocycles. The molecule has 1 fully saturated rings. The number of ether oxygens (including phenoxy) is 1. The van der Waals surface area contributed by atoms with Crippen LogP contribution in [0, 0.1) is 0 Å². The highest BCUT2D eigenvalue weighted by molar-refractivity contribution is 5.76. The second-order valence-electron chi connectivity index (χ2n) is 4.65. The highest BCUT2D eigenvalue weighted by atomic mass is 16.5. The van der Waals surface area contributed by atoms with Crippen LogP contribution in [0.1, 0.15) is 18.8 Å². The molecule has 5 heteroatoms. The second kappa shape index (κ2) is 4.59. The van der Waals surface area contributed by atoms with Gasteiger partial charge in [-0.15, -0.1) is 0 Å². The zero-order valence-corrected chi connectivity index (χ0v) is 10.4. The number of morpholine rings is 1. The summed E-state index contributed by atoms with van der Waals surface area (Å²) in [7, 11) is 0. The molecule has 1 aliphatic rings. The van der Waals surface area contributed by atoms with Crippen LogP contribution in [0.4, 0.5) is 0 Å². The monoisotopic (exact) mass is 247 g/mol. The zero-order chi connectivity index (χ0) is 12.5. The van der Waals surface area contributed by atoms with E-state index in [4.69, 9.17) is 4.74 Å². The molecule has 1 aliphatic heterocycles. The largest absolute Gasteiger partial charge is 0.508 e. The Morgan fingerprint density at radius 1 is 1.39 bits per heavy atom. The molecule has 0 bridgehead atoms. The summed E-state index contributed by atoms with van der Waals surface area (Å²) in [4.78, 5) is 10.2. The second-order valence-corrected chi connectivity index (χ2v) is 4.65. The number of aromatic hydroxyl groups is 1. The molecule has 2 aromatic rings. The summed E-state index contributed by atoms with van der Waals surface area (Å²) >= 11 is 0. The summed E-state index contributed by atoms with van der Waals surface area (Å²) in [5, 5.41) is 9.45. The van der Waals surface area contributed by atoms with Gasteiger partial charge in [0.25, 0.3) is 0 Å². The van der Waals surface area contributed by atoms with Gasteiger partial charge in [0.2, 0.25) is 0 Å². The van der Waals surface area contributed by atoms with Gasteiger partial charge in [-0.1, -0.05) is 0 Å². The van der Waals surface area contributed by atoms with Gasteiger partial charge in [-0.05, 0) is 19.1 Å². The fourth-order valence-electron chi connectivity index (χ4n) is 2.35. The quantitative estimate of drug-likeness (QED) is 0.847. The van der Waals surface area contributed by atoms with Crippen molar-refractivity contribution >= 4 is 11.0 Å². The van der Waals surface area contributed by atoms with Crippen molar-refractivity contribution in [1.82, 2.24) is 14.9 Å². The first-order chi connectivity index (χ1) is 8.74. The Balaban J connectivity index is 1.88. The maximum atomic E-state index is 9.45. The fourth-order valence-corrected chi connectivity index (χ4v) is 2.35. The lowest BCUT2D eigenvalue weighted by Crippen LogP contribution is -2.38. The summed E-state index contributed by atoms with van der Waals surface area (Å²) in [5.41, 5.74) is 1.77. The Kier molecular flexibility index (Phi) is 2.93. The third kappa shape index (κ3) is 2.07. The van der Waals surface area contributed by atoms with Crippen molar-refractivity contribution in [3.05, 3.63) is 24.0 Å². The number of hydrogen-bond donors (Lipinski definition) is 2. The van der Waals surface area contributed by atoms with Crippen LogP contribution in [-0.4, -0.2) is 46.3 Å². The van der Waals surface area contributed by atoms with E-state index in [1.54, 1.807) is 12.1 Å². The van der Waals surface area contributed by atoms with Crippen molar-refractivity contribution in [3.63, 3.8) is 0 Å². The van der Waals surface area contributed by atoms with Crippen LogP contribution in [-0.2, 0) is 4.74 Å². The molecule has 18 heavy (non-hydrogen) atoms. The van der Waals surface area contributed by atoms with Crippen molar-refractivity contribution in [3.8, 4) is 5.75 Å². The van der Waals surface area contributed by atoms with Gasteiger partial charge in [-0.2, -0.15) is 0 Å². The lowest BCUT2D eigenvalue weighted by molar-refractivity contribution is 0.0184. The molecule has 0 radical (unpaired) electrons. The zero-order valence-electron chi connectivity index (χ0n) is 10.4. The SMILES string of the molecule is CC(c1nc2ccc(O)cc2[nH]1)N1CCOCC1. The van der Waals surface area contributed by atoms with E-state index in [9.17, 15) is 5.11 Å². The van der Waals surface area contributed by atoms with Gasteiger partial charge in [-0.25, -0.2) is 4.98 Å². The summed E-state index contributed by atoms with van der Waals surface area (Å²) < 4.78 is 5.36. The van der Waals surface area contributed by atoms with E-state index in [2.05, 4.69) is 21.8 Å². The summed E-state index contributed by atoms with van der Waals surface area (Å²) in [6.45, 7) is 5.58. The minimum Gasteiger partial charge on any atom is -0.508 e. The molecule has 96 valence electrons. The number of phenolic OH excluding ortho intramolecular Hbond substituents is 1. The minimum atomic E-state index is 0.239. The molecule has 0 saturated carbocycles. The van der Waals surface area contributed by atoms with Crippen LogP contribution < -0.4 is 0 Å². The van der Waals surface area contributed by atoms with E-state index < -0.39 is 0 Å². The predicted octanol–water partition coefficient (Wildman–Crippen LogP) is 1.66. The number of nitrogens with one attached hydrogen (secondary N) is 1. The molecule has 0 amide bonds. The number of phenols is 1. The van der Waals surface area contributed by atoms with Crippen molar-refractivity contribution in [2.75, 3.05) is 26.3 Å². The lowest BCUT2D eigenvalue weighted by Gasteiger charge is -2.31. The number of aromatic nitrogens is 2. The Morgan fingerprint density at radius 2 is 2.17 bits per heavy atom. The molecule has 5 nitrogen and oxygen atoms in total. The maximum Gasteiger partial charge on any atom is 0.124 e. The van der Waals surface area contributed by atoms with Gasteiger partial charge in [0.05, 0.1) is 30.3 Å². The van der Waals surface area contributed by atoms with Crippen LogP contribution in [0.25, 0.3) is 11.0 Å². The molecule has 3 rings (SSSR count). The van der Waals surface area contributed by atoms with Crippen LogP contribution in [0.15, 0.2) is 18.2 Å². The maximum absolute atomic E-state index is 9.45. The normalized spacial score (nSPS) is 19.2. The smallest absolute Gasteiger partial charge is 0.124 e. The first kappa shape index (κ1) is 11.5. The first-order valence-electron chi connectivity index (χ1n) is 6.24. The number of hydrogen-bond acceptors (Lipinski definition) is 4. The number of nitrogens with zero attached hydrogens (tertiary/aromatic N) is 2. The van der Waals surface area contributed by atoms with Gasteiger partial charge in [-0.3, -0.25) is 4.90 Å². The van der Waals surface area contributed by atoms with Gasteiger partial charge in [0, 0.05) is 19.2 Å². The standard InChI is InChI=1S/C13H17N3O2/c1-9(16-4-6-18-7-5-16)13-14-11-3-2-10(17)8-12(11)15-13/h2-3,8-9,17H,4-7H2,1H3,(H,14,15). The highest BCUT2D eigenvalue weighted by Gasteiger charge is 2.21. The average Bonchev–Trinajstić information content (AvgIpc) is 2.81. The van der Waals surface area contributed by atoms with Crippen LogP contribution in [0.5, 0.6) is 5.75 Å². The van der Waals surface area contributed by atoms with E-state index in [1.165, 1.54) is 0 Å². The molecular formula is C13H17N3O2. The van der Waals surface area contributed by atoms with E-state index in [0.717, 1.165) is 43.2 Å². The van der Waals surface area contributed by atoms with E-state index in [-0.39, 0.29) is 11.8 Å². The van der Waals surface area contributed by atoms with Crippen LogP contribution in [0.2, 0.25) is 0 Å². The first-order valence-corrected chi connectivity index (χ1v) is 6.24. The average molecular weight is 247 g/mol.